The first-order valence-corrected chi connectivity index (χ1v) is 6.13. The van der Waals surface area contributed by atoms with Crippen molar-refractivity contribution in [1.29, 1.82) is 0 Å². The lowest BCUT2D eigenvalue weighted by atomic mass is 10.1. The molecule has 0 rings (SSSR count). The third-order valence-electron chi connectivity index (χ3n) is 2.50. The molecule has 0 saturated heterocycles. The second kappa shape index (κ2) is 9.81. The maximum Gasteiger partial charge on any atom is 0.303 e. The number of carbonyl (C=O) groups is 1. The highest BCUT2D eigenvalue weighted by Crippen LogP contribution is 2.12. The predicted octanol–water partition coefficient (Wildman–Crippen LogP) is 3.37. The first-order valence-electron chi connectivity index (χ1n) is 6.13. The zero-order valence-corrected chi connectivity index (χ0v) is 10.4. The van der Waals surface area contributed by atoms with Gasteiger partial charge in [0.05, 0.1) is 4.92 Å². The third-order valence-corrected chi connectivity index (χ3v) is 2.50. The highest BCUT2D eigenvalue weighted by Gasteiger charge is 2.08. The van der Waals surface area contributed by atoms with E-state index in [1.807, 2.05) is 6.92 Å². The van der Waals surface area contributed by atoms with Crippen molar-refractivity contribution >= 4 is 5.97 Å². The topological polar surface area (TPSA) is 80.4 Å². The van der Waals surface area contributed by atoms with Gasteiger partial charge in [0.15, 0.2) is 0 Å². The number of hydrogen-bond acceptors (Lipinski definition) is 3. The molecular weight excluding hydrogens is 222 g/mol. The molecule has 0 heterocycles. The van der Waals surface area contributed by atoms with E-state index in [2.05, 4.69) is 0 Å². The van der Waals surface area contributed by atoms with Crippen LogP contribution in [0.15, 0.2) is 11.8 Å². The molecule has 98 valence electrons. The van der Waals surface area contributed by atoms with E-state index in [4.69, 9.17) is 5.11 Å². The zero-order valence-electron chi connectivity index (χ0n) is 10.4. The molecule has 5 heteroatoms. The normalized spacial score (nSPS) is 11.5. The molecular formula is C12H21NO4. The summed E-state index contributed by atoms with van der Waals surface area (Å²) in [6.45, 7) is 1.88. The van der Waals surface area contributed by atoms with Crippen LogP contribution in [0.3, 0.4) is 0 Å². The number of aliphatic carboxylic acids is 1. The van der Waals surface area contributed by atoms with Crippen LogP contribution in [0, 0.1) is 10.1 Å². The number of carboxylic acid groups (broad SMARTS) is 1. The summed E-state index contributed by atoms with van der Waals surface area (Å²) in [5.41, 5.74) is 0.304. The number of allylic oxidation sites excluding steroid dienone is 2. The summed E-state index contributed by atoms with van der Waals surface area (Å²) in [5.74, 6) is -0.758. The molecule has 0 aliphatic heterocycles. The Labute approximate surface area is 102 Å². The Morgan fingerprint density at radius 3 is 2.18 bits per heavy atom. The molecule has 1 N–H and O–H groups in total. The summed E-state index contributed by atoms with van der Waals surface area (Å²) in [6, 6.07) is 0. The van der Waals surface area contributed by atoms with Crippen LogP contribution in [0.2, 0.25) is 0 Å². The van der Waals surface area contributed by atoms with Crippen LogP contribution in [0.4, 0.5) is 0 Å². The van der Waals surface area contributed by atoms with Gasteiger partial charge in [-0.15, -0.1) is 0 Å². The Morgan fingerprint density at radius 2 is 1.71 bits per heavy atom. The standard InChI is InChI=1S/C12H21NO4/c1-2-8-11(13(16)17)9-6-4-3-5-7-10-12(14)15/h8H,2-7,9-10H2,1H3,(H,14,15)/b11-8+. The number of rotatable bonds is 10. The van der Waals surface area contributed by atoms with Gasteiger partial charge in [0, 0.05) is 12.8 Å². The lowest BCUT2D eigenvalue weighted by Crippen LogP contribution is -1.98. The molecule has 5 nitrogen and oxygen atoms in total. The minimum atomic E-state index is -0.758. The fourth-order valence-electron chi connectivity index (χ4n) is 1.62. The molecule has 0 aromatic carbocycles. The third kappa shape index (κ3) is 9.53. The van der Waals surface area contributed by atoms with Crippen LogP contribution in [-0.2, 0) is 4.79 Å². The molecule has 0 spiro atoms. The van der Waals surface area contributed by atoms with E-state index >= 15 is 0 Å². The smallest absolute Gasteiger partial charge is 0.303 e. The van der Waals surface area contributed by atoms with Crippen molar-refractivity contribution in [3.63, 3.8) is 0 Å². The number of carboxylic acids is 1. The highest BCUT2D eigenvalue weighted by atomic mass is 16.6. The zero-order chi connectivity index (χ0) is 13.1. The van der Waals surface area contributed by atoms with Gasteiger partial charge >= 0.3 is 5.97 Å². The molecule has 0 amide bonds. The van der Waals surface area contributed by atoms with Crippen LogP contribution < -0.4 is 0 Å². The van der Waals surface area contributed by atoms with E-state index in [1.54, 1.807) is 6.08 Å². The van der Waals surface area contributed by atoms with Gasteiger partial charge in [-0.05, 0) is 25.3 Å². The fourth-order valence-corrected chi connectivity index (χ4v) is 1.62. The first-order chi connectivity index (χ1) is 8.07. The van der Waals surface area contributed by atoms with E-state index in [0.717, 1.165) is 25.7 Å². The van der Waals surface area contributed by atoms with Crippen LogP contribution >= 0.6 is 0 Å². The molecule has 0 bridgehead atoms. The molecule has 0 atom stereocenters. The second-order valence-electron chi connectivity index (χ2n) is 4.02. The first kappa shape index (κ1) is 15.6. The van der Waals surface area contributed by atoms with Crippen molar-refractivity contribution in [3.8, 4) is 0 Å². The van der Waals surface area contributed by atoms with Crippen LogP contribution in [-0.4, -0.2) is 16.0 Å². The molecule has 0 fully saturated rings. The van der Waals surface area contributed by atoms with Crippen LogP contribution in [0.1, 0.15) is 58.3 Å². The van der Waals surface area contributed by atoms with Crippen LogP contribution in [0.5, 0.6) is 0 Å². The minimum Gasteiger partial charge on any atom is -0.481 e. The Hall–Kier alpha value is -1.39. The lowest BCUT2D eigenvalue weighted by molar-refractivity contribution is -0.428. The largest absolute Gasteiger partial charge is 0.481 e. The average molecular weight is 243 g/mol. The Kier molecular flexibility index (Phi) is 9.01. The van der Waals surface area contributed by atoms with Gasteiger partial charge in [-0.1, -0.05) is 26.2 Å². The van der Waals surface area contributed by atoms with Crippen molar-refractivity contribution in [2.75, 3.05) is 0 Å². The second-order valence-corrected chi connectivity index (χ2v) is 4.02. The maximum absolute atomic E-state index is 10.6. The summed E-state index contributed by atoms with van der Waals surface area (Å²) in [5, 5.41) is 19.0. The minimum absolute atomic E-state index is 0.218. The van der Waals surface area contributed by atoms with Crippen molar-refractivity contribution in [2.24, 2.45) is 0 Å². The van der Waals surface area contributed by atoms with Crippen LogP contribution in [0.25, 0.3) is 0 Å². The maximum atomic E-state index is 10.6. The lowest BCUT2D eigenvalue weighted by Gasteiger charge is -2.00. The van der Waals surface area contributed by atoms with E-state index in [0.29, 0.717) is 25.0 Å². The van der Waals surface area contributed by atoms with E-state index in [-0.39, 0.29) is 11.3 Å². The summed E-state index contributed by atoms with van der Waals surface area (Å²) >= 11 is 0. The van der Waals surface area contributed by atoms with E-state index in [9.17, 15) is 14.9 Å². The SMILES string of the molecule is CC/C=C(\CCCCCCCC(=O)O)[N+](=O)[O-]. The molecule has 0 unspecified atom stereocenters. The average Bonchev–Trinajstić information content (AvgIpc) is 2.25. The predicted molar refractivity (Wildman–Crippen MR) is 65.3 cm³/mol. The Balaban J connectivity index is 3.53. The molecule has 17 heavy (non-hydrogen) atoms. The molecule has 0 aromatic rings. The van der Waals surface area contributed by atoms with Gasteiger partial charge in [0.1, 0.15) is 0 Å². The summed E-state index contributed by atoms with van der Waals surface area (Å²) in [6.07, 6.45) is 7.34. The highest BCUT2D eigenvalue weighted by molar-refractivity contribution is 5.66. The molecule has 0 aromatic heterocycles. The Morgan fingerprint density at radius 1 is 1.18 bits per heavy atom. The molecule has 0 saturated carbocycles. The van der Waals surface area contributed by atoms with Gasteiger partial charge < -0.3 is 5.11 Å². The van der Waals surface area contributed by atoms with Gasteiger partial charge in [-0.2, -0.15) is 0 Å². The van der Waals surface area contributed by atoms with Crippen molar-refractivity contribution in [1.82, 2.24) is 0 Å². The van der Waals surface area contributed by atoms with Gasteiger partial charge in [-0.25, -0.2) is 0 Å². The number of hydrogen-bond donors (Lipinski definition) is 1. The Bertz CT molecular complexity index is 274. The fraction of sp³-hybridized carbons (Fsp3) is 0.750. The van der Waals surface area contributed by atoms with Crippen molar-refractivity contribution < 1.29 is 14.8 Å². The van der Waals surface area contributed by atoms with Gasteiger partial charge in [-0.3, -0.25) is 14.9 Å². The monoisotopic (exact) mass is 243 g/mol. The summed E-state index contributed by atoms with van der Waals surface area (Å²) < 4.78 is 0. The summed E-state index contributed by atoms with van der Waals surface area (Å²) in [7, 11) is 0. The van der Waals surface area contributed by atoms with E-state index in [1.165, 1.54) is 0 Å². The van der Waals surface area contributed by atoms with E-state index < -0.39 is 5.97 Å². The van der Waals surface area contributed by atoms with Gasteiger partial charge in [0.2, 0.25) is 5.70 Å². The summed E-state index contributed by atoms with van der Waals surface area (Å²) in [4.78, 5) is 20.5. The number of nitrogens with zero attached hydrogens (tertiary/aromatic N) is 1. The molecule has 0 aliphatic rings. The quantitative estimate of drug-likeness (QED) is 0.362. The number of nitro groups is 1. The molecule has 0 aliphatic carbocycles. The van der Waals surface area contributed by atoms with Crippen molar-refractivity contribution in [2.45, 2.75) is 58.3 Å². The van der Waals surface area contributed by atoms with Crippen molar-refractivity contribution in [3.05, 3.63) is 21.9 Å². The number of unbranched alkanes of at least 4 members (excludes halogenated alkanes) is 4. The van der Waals surface area contributed by atoms with Gasteiger partial charge in [0.25, 0.3) is 0 Å². The molecule has 0 radical (unpaired) electrons.